The Kier molecular flexibility index (Phi) is 7.62. The molecule has 0 aliphatic carbocycles. The van der Waals surface area contributed by atoms with Gasteiger partial charge in [0.05, 0.1) is 16.3 Å². The van der Waals surface area contributed by atoms with Gasteiger partial charge in [0.1, 0.15) is 10.7 Å². The van der Waals surface area contributed by atoms with Crippen molar-refractivity contribution in [1.82, 2.24) is 14.8 Å². The molecule has 172 valence electrons. The highest BCUT2D eigenvalue weighted by Crippen LogP contribution is 2.31. The SMILES string of the molecule is CN1CCN(Cc2csc(C(=O)Nc3ccc(Cl)cc3C(=O)Nc3ccccn3)c2Cl)CC1. The first kappa shape index (κ1) is 23.7. The molecule has 0 bridgehead atoms. The molecule has 0 atom stereocenters. The predicted molar refractivity (Wildman–Crippen MR) is 134 cm³/mol. The van der Waals surface area contributed by atoms with E-state index < -0.39 is 5.91 Å². The van der Waals surface area contributed by atoms with Crippen LogP contribution in [0.1, 0.15) is 25.6 Å². The third-order valence-electron chi connectivity index (χ3n) is 5.38. The first-order valence-electron chi connectivity index (χ1n) is 10.4. The average molecular weight is 504 g/mol. The lowest BCUT2D eigenvalue weighted by Crippen LogP contribution is -2.43. The highest BCUT2D eigenvalue weighted by molar-refractivity contribution is 7.13. The number of benzene rings is 1. The number of nitrogens with one attached hydrogen (secondary N) is 2. The first-order valence-corrected chi connectivity index (χ1v) is 12.0. The van der Waals surface area contributed by atoms with E-state index in [1.807, 2.05) is 5.38 Å². The van der Waals surface area contributed by atoms with Crippen LogP contribution in [0, 0.1) is 0 Å². The van der Waals surface area contributed by atoms with Crippen LogP contribution in [0.5, 0.6) is 0 Å². The molecule has 3 heterocycles. The van der Waals surface area contributed by atoms with Gasteiger partial charge >= 0.3 is 0 Å². The normalized spacial score (nSPS) is 14.8. The van der Waals surface area contributed by atoms with Crippen LogP contribution >= 0.6 is 34.5 Å². The van der Waals surface area contributed by atoms with Crippen LogP contribution in [-0.2, 0) is 6.54 Å². The molecule has 0 unspecified atom stereocenters. The summed E-state index contributed by atoms with van der Waals surface area (Å²) < 4.78 is 0. The molecule has 2 aromatic heterocycles. The van der Waals surface area contributed by atoms with Gasteiger partial charge in [0.15, 0.2) is 0 Å². The molecule has 10 heteroatoms. The molecular weight excluding hydrogens is 481 g/mol. The summed E-state index contributed by atoms with van der Waals surface area (Å²) in [4.78, 5) is 35.0. The summed E-state index contributed by atoms with van der Waals surface area (Å²) in [5.74, 6) is -0.405. The van der Waals surface area contributed by atoms with Crippen LogP contribution in [0.4, 0.5) is 11.5 Å². The average Bonchev–Trinajstić information content (AvgIpc) is 3.17. The molecule has 0 radical (unpaired) electrons. The number of nitrogens with zero attached hydrogens (tertiary/aromatic N) is 3. The highest BCUT2D eigenvalue weighted by atomic mass is 35.5. The fourth-order valence-electron chi connectivity index (χ4n) is 3.50. The smallest absolute Gasteiger partial charge is 0.267 e. The topological polar surface area (TPSA) is 77.6 Å². The third-order valence-corrected chi connectivity index (χ3v) is 7.18. The summed E-state index contributed by atoms with van der Waals surface area (Å²) in [5, 5.41) is 8.27. The second-order valence-electron chi connectivity index (χ2n) is 7.80. The number of piperazine rings is 1. The zero-order valence-corrected chi connectivity index (χ0v) is 20.3. The molecule has 3 aromatic rings. The van der Waals surface area contributed by atoms with Crippen LogP contribution < -0.4 is 10.6 Å². The minimum atomic E-state index is -0.431. The molecule has 0 saturated carbocycles. The Labute approximate surface area is 206 Å². The van der Waals surface area contributed by atoms with E-state index in [1.165, 1.54) is 17.4 Å². The quantitative estimate of drug-likeness (QED) is 0.509. The number of amides is 2. The Bertz CT molecular complexity index is 1150. The Balaban J connectivity index is 1.48. The van der Waals surface area contributed by atoms with Crippen molar-refractivity contribution in [2.24, 2.45) is 0 Å². The number of carbonyl (C=O) groups is 2. The van der Waals surface area contributed by atoms with Gasteiger partial charge in [-0.1, -0.05) is 29.3 Å². The molecule has 1 aliphatic rings. The van der Waals surface area contributed by atoms with E-state index >= 15 is 0 Å². The summed E-state index contributed by atoms with van der Waals surface area (Å²) in [6.45, 7) is 4.65. The standard InChI is InChI=1S/C23H23Cl2N5O2S/c1-29-8-10-30(11-9-29)13-15-14-33-21(20(15)25)23(32)27-18-6-5-16(24)12-17(18)22(31)28-19-4-2-3-7-26-19/h2-7,12,14H,8-11,13H2,1H3,(H,27,32)(H,26,28,31). The summed E-state index contributed by atoms with van der Waals surface area (Å²) in [5.41, 5.74) is 1.50. The Morgan fingerprint density at radius 3 is 2.58 bits per heavy atom. The fourth-order valence-corrected chi connectivity index (χ4v) is 4.91. The summed E-state index contributed by atoms with van der Waals surface area (Å²) in [7, 11) is 2.11. The van der Waals surface area contributed by atoms with Crippen molar-refractivity contribution in [3.8, 4) is 0 Å². The second-order valence-corrected chi connectivity index (χ2v) is 9.49. The van der Waals surface area contributed by atoms with Gasteiger partial charge < -0.3 is 15.5 Å². The maximum atomic E-state index is 13.0. The van der Waals surface area contributed by atoms with Gasteiger partial charge in [-0.25, -0.2) is 4.98 Å². The molecule has 2 N–H and O–H groups in total. The van der Waals surface area contributed by atoms with Gasteiger partial charge in [0.2, 0.25) is 0 Å². The maximum absolute atomic E-state index is 13.0. The van der Waals surface area contributed by atoms with Crippen molar-refractivity contribution in [3.63, 3.8) is 0 Å². The van der Waals surface area contributed by atoms with E-state index in [0.29, 0.717) is 33.0 Å². The Hall–Kier alpha value is -2.49. The lowest BCUT2D eigenvalue weighted by atomic mass is 10.1. The van der Waals surface area contributed by atoms with Crippen molar-refractivity contribution in [2.45, 2.75) is 6.54 Å². The summed E-state index contributed by atoms with van der Waals surface area (Å²) in [6, 6.07) is 9.91. The minimum absolute atomic E-state index is 0.229. The van der Waals surface area contributed by atoms with E-state index in [-0.39, 0.29) is 11.5 Å². The molecule has 33 heavy (non-hydrogen) atoms. The van der Waals surface area contributed by atoms with Crippen molar-refractivity contribution < 1.29 is 9.59 Å². The summed E-state index contributed by atoms with van der Waals surface area (Å²) in [6.07, 6.45) is 1.58. The van der Waals surface area contributed by atoms with Crippen molar-refractivity contribution in [2.75, 3.05) is 43.9 Å². The number of hydrogen-bond donors (Lipinski definition) is 2. The lowest BCUT2D eigenvalue weighted by molar-refractivity contribution is 0.102. The van der Waals surface area contributed by atoms with Gasteiger partial charge in [-0.05, 0) is 48.3 Å². The van der Waals surface area contributed by atoms with Gasteiger partial charge in [-0.15, -0.1) is 11.3 Å². The number of thiophene rings is 1. The molecule has 1 aromatic carbocycles. The van der Waals surface area contributed by atoms with Crippen LogP contribution in [0.3, 0.4) is 0 Å². The van der Waals surface area contributed by atoms with Crippen LogP contribution in [0.25, 0.3) is 0 Å². The molecule has 0 spiro atoms. The third kappa shape index (κ3) is 5.90. The Morgan fingerprint density at radius 1 is 1.06 bits per heavy atom. The van der Waals surface area contributed by atoms with Gasteiger partial charge in [0, 0.05) is 43.9 Å². The zero-order valence-electron chi connectivity index (χ0n) is 18.0. The molecule has 2 amide bonds. The van der Waals surface area contributed by atoms with Crippen molar-refractivity contribution in [3.05, 3.63) is 74.0 Å². The lowest BCUT2D eigenvalue weighted by Gasteiger charge is -2.32. The molecule has 1 saturated heterocycles. The number of carbonyl (C=O) groups excluding carboxylic acids is 2. The Morgan fingerprint density at radius 2 is 1.85 bits per heavy atom. The number of aromatic nitrogens is 1. The van der Waals surface area contributed by atoms with E-state index in [1.54, 1.807) is 36.5 Å². The van der Waals surface area contributed by atoms with Crippen molar-refractivity contribution >= 4 is 57.9 Å². The second kappa shape index (κ2) is 10.6. The van der Waals surface area contributed by atoms with E-state index in [9.17, 15) is 9.59 Å². The predicted octanol–water partition coefficient (Wildman–Crippen LogP) is 4.70. The maximum Gasteiger partial charge on any atom is 0.267 e. The molecule has 7 nitrogen and oxygen atoms in total. The number of halogens is 2. The minimum Gasteiger partial charge on any atom is -0.320 e. The largest absolute Gasteiger partial charge is 0.320 e. The number of hydrogen-bond acceptors (Lipinski definition) is 6. The van der Waals surface area contributed by atoms with Crippen molar-refractivity contribution in [1.29, 1.82) is 0 Å². The molecule has 4 rings (SSSR count). The number of rotatable bonds is 6. The highest BCUT2D eigenvalue weighted by Gasteiger charge is 2.22. The van der Waals surface area contributed by atoms with E-state index in [2.05, 4.69) is 32.5 Å². The molecular formula is C23H23Cl2N5O2S. The monoisotopic (exact) mass is 503 g/mol. The summed E-state index contributed by atoms with van der Waals surface area (Å²) >= 11 is 14.0. The van der Waals surface area contributed by atoms with E-state index in [0.717, 1.165) is 31.7 Å². The molecule has 1 fully saturated rings. The van der Waals surface area contributed by atoms with Crippen LogP contribution in [-0.4, -0.2) is 59.8 Å². The van der Waals surface area contributed by atoms with Crippen LogP contribution in [0.15, 0.2) is 48.0 Å². The van der Waals surface area contributed by atoms with E-state index in [4.69, 9.17) is 23.2 Å². The number of pyridine rings is 1. The fraction of sp³-hybridized carbons (Fsp3) is 0.261. The van der Waals surface area contributed by atoms with Crippen LogP contribution in [0.2, 0.25) is 10.0 Å². The first-order chi connectivity index (χ1) is 15.9. The number of anilines is 2. The zero-order chi connectivity index (χ0) is 23.4. The van der Waals surface area contributed by atoms with Gasteiger partial charge in [-0.3, -0.25) is 14.5 Å². The van der Waals surface area contributed by atoms with Gasteiger partial charge in [0.25, 0.3) is 11.8 Å². The van der Waals surface area contributed by atoms with Gasteiger partial charge in [-0.2, -0.15) is 0 Å². The number of likely N-dealkylation sites (N-methyl/N-ethyl adjacent to an activating group) is 1. The molecule has 1 aliphatic heterocycles.